The van der Waals surface area contributed by atoms with Crippen LogP contribution in [0, 0.1) is 17.1 Å². The third-order valence-corrected chi connectivity index (χ3v) is 3.43. The maximum atomic E-state index is 13.3. The molecule has 0 radical (unpaired) electrons. The summed E-state index contributed by atoms with van der Waals surface area (Å²) in [4.78, 5) is 7.91. The van der Waals surface area contributed by atoms with Crippen molar-refractivity contribution in [3.05, 3.63) is 41.3 Å². The molecule has 0 spiro atoms. The summed E-state index contributed by atoms with van der Waals surface area (Å²) in [7, 11) is 1.59. The van der Waals surface area contributed by atoms with E-state index in [-0.39, 0.29) is 11.8 Å². The molecule has 1 aromatic carbocycles. The fourth-order valence-corrected chi connectivity index (χ4v) is 2.21. The molecule has 106 valence electrons. The smallest absolute Gasteiger partial charge is 0.229 e. The van der Waals surface area contributed by atoms with Gasteiger partial charge in [-0.15, -0.1) is 0 Å². The Morgan fingerprint density at radius 2 is 2.19 bits per heavy atom. The number of hydrogen-bond donors (Lipinski definition) is 2. The van der Waals surface area contributed by atoms with Crippen molar-refractivity contribution in [3.8, 4) is 6.07 Å². The van der Waals surface area contributed by atoms with E-state index in [1.807, 2.05) is 12.1 Å². The van der Waals surface area contributed by atoms with Crippen LogP contribution >= 0.6 is 0 Å². The number of anilines is 3. The summed E-state index contributed by atoms with van der Waals surface area (Å²) in [6.07, 6.45) is 3.40. The van der Waals surface area contributed by atoms with Gasteiger partial charge in [0.15, 0.2) is 11.6 Å². The summed E-state index contributed by atoms with van der Waals surface area (Å²) in [5.41, 5.74) is 2.47. The number of nitrogens with one attached hydrogen (secondary N) is 2. The molecule has 0 atom stereocenters. The van der Waals surface area contributed by atoms with E-state index in [2.05, 4.69) is 26.7 Å². The molecule has 0 bridgehead atoms. The molecule has 0 amide bonds. The van der Waals surface area contributed by atoms with Gasteiger partial charge in [0.2, 0.25) is 5.95 Å². The lowest BCUT2D eigenvalue weighted by Gasteiger charge is -2.09. The molecule has 5 nitrogen and oxygen atoms in total. The lowest BCUT2D eigenvalue weighted by atomic mass is 10.0. The van der Waals surface area contributed by atoms with Gasteiger partial charge in [0.1, 0.15) is 0 Å². The zero-order chi connectivity index (χ0) is 14.8. The average Bonchev–Trinajstić information content (AvgIpc) is 3.33. The highest BCUT2D eigenvalue weighted by Crippen LogP contribution is 2.42. The third-order valence-electron chi connectivity index (χ3n) is 3.43. The first-order valence-corrected chi connectivity index (χ1v) is 6.72. The van der Waals surface area contributed by atoms with Crippen molar-refractivity contribution in [1.29, 1.82) is 5.26 Å². The van der Waals surface area contributed by atoms with Crippen molar-refractivity contribution < 1.29 is 4.39 Å². The summed E-state index contributed by atoms with van der Waals surface area (Å²) < 4.78 is 13.3. The highest BCUT2D eigenvalue weighted by atomic mass is 19.1. The van der Waals surface area contributed by atoms with Gasteiger partial charge < -0.3 is 10.6 Å². The Bertz CT molecular complexity index is 718. The molecule has 0 aliphatic heterocycles. The summed E-state index contributed by atoms with van der Waals surface area (Å²) in [6.45, 7) is 0. The minimum absolute atomic E-state index is 0.127. The molecule has 1 aliphatic rings. The lowest BCUT2D eigenvalue weighted by Crippen LogP contribution is -2.03. The maximum absolute atomic E-state index is 13.3. The zero-order valence-electron chi connectivity index (χ0n) is 11.5. The predicted molar refractivity (Wildman–Crippen MR) is 78.0 cm³/mol. The average molecular weight is 283 g/mol. The molecule has 1 fully saturated rings. The Kier molecular flexibility index (Phi) is 3.40. The van der Waals surface area contributed by atoms with Crippen molar-refractivity contribution in [1.82, 2.24) is 9.97 Å². The van der Waals surface area contributed by atoms with Crippen LogP contribution in [0.3, 0.4) is 0 Å². The van der Waals surface area contributed by atoms with E-state index in [1.165, 1.54) is 0 Å². The van der Waals surface area contributed by atoms with Gasteiger partial charge in [0.05, 0.1) is 17.8 Å². The molecule has 0 unspecified atom stereocenters. The quantitative estimate of drug-likeness (QED) is 0.901. The van der Waals surface area contributed by atoms with Crippen LogP contribution in [-0.4, -0.2) is 17.0 Å². The van der Waals surface area contributed by atoms with Crippen molar-refractivity contribution in [2.45, 2.75) is 18.8 Å². The fraction of sp³-hybridized carbons (Fsp3) is 0.267. The van der Waals surface area contributed by atoms with E-state index in [0.29, 0.717) is 17.2 Å². The molecule has 1 heterocycles. The Labute approximate surface area is 121 Å². The molecule has 21 heavy (non-hydrogen) atoms. The summed E-state index contributed by atoms with van der Waals surface area (Å²) in [5.74, 6) is 0.419. The van der Waals surface area contributed by atoms with Crippen molar-refractivity contribution in [2.24, 2.45) is 0 Å². The standard InChI is InChI=1S/C15H14FN5/c1-18-14-13(16)8-19-15(21-14)20-11-4-5-12(9-2-3-9)10(6-11)7-17/h4-6,8-9H,2-3H2,1H3,(H2,18,19,20,21). The first-order valence-electron chi connectivity index (χ1n) is 6.72. The molecule has 0 saturated heterocycles. The molecule has 6 heteroatoms. The van der Waals surface area contributed by atoms with E-state index < -0.39 is 5.82 Å². The van der Waals surface area contributed by atoms with Crippen LogP contribution in [-0.2, 0) is 0 Å². The van der Waals surface area contributed by atoms with Gasteiger partial charge in [0.25, 0.3) is 0 Å². The third kappa shape index (κ3) is 2.77. The molecule has 1 saturated carbocycles. The minimum atomic E-state index is -0.509. The van der Waals surface area contributed by atoms with Crippen LogP contribution in [0.1, 0.15) is 29.9 Å². The second-order valence-corrected chi connectivity index (χ2v) is 4.95. The Morgan fingerprint density at radius 1 is 1.38 bits per heavy atom. The SMILES string of the molecule is CNc1nc(Nc2ccc(C3CC3)c(C#N)c2)ncc1F. The first-order chi connectivity index (χ1) is 10.2. The van der Waals surface area contributed by atoms with Crippen LogP contribution in [0.25, 0.3) is 0 Å². The van der Waals surface area contributed by atoms with E-state index in [0.717, 1.165) is 24.6 Å². The van der Waals surface area contributed by atoms with E-state index in [4.69, 9.17) is 0 Å². The first kappa shape index (κ1) is 13.3. The van der Waals surface area contributed by atoms with E-state index in [1.54, 1.807) is 13.1 Å². The number of nitrogens with zero attached hydrogens (tertiary/aromatic N) is 3. The number of aromatic nitrogens is 2. The molecule has 2 aromatic rings. The normalized spacial score (nSPS) is 13.6. The van der Waals surface area contributed by atoms with Gasteiger partial charge >= 0.3 is 0 Å². The van der Waals surface area contributed by atoms with Crippen LogP contribution in [0.2, 0.25) is 0 Å². The predicted octanol–water partition coefficient (Wildman–Crippen LogP) is 3.15. The van der Waals surface area contributed by atoms with Gasteiger partial charge in [-0.05, 0) is 36.5 Å². The molecular formula is C15H14FN5. The zero-order valence-corrected chi connectivity index (χ0v) is 11.5. The number of benzene rings is 1. The highest BCUT2D eigenvalue weighted by molar-refractivity contribution is 5.60. The number of rotatable bonds is 4. The lowest BCUT2D eigenvalue weighted by molar-refractivity contribution is 0.619. The topological polar surface area (TPSA) is 73.6 Å². The van der Waals surface area contributed by atoms with Crippen LogP contribution < -0.4 is 10.6 Å². The minimum Gasteiger partial charge on any atom is -0.371 e. The van der Waals surface area contributed by atoms with Crippen LogP contribution in [0.5, 0.6) is 0 Å². The maximum Gasteiger partial charge on any atom is 0.229 e. The second-order valence-electron chi connectivity index (χ2n) is 4.95. The van der Waals surface area contributed by atoms with E-state index in [9.17, 15) is 9.65 Å². The molecular weight excluding hydrogens is 269 g/mol. The Hall–Kier alpha value is -2.68. The largest absolute Gasteiger partial charge is 0.371 e. The van der Waals surface area contributed by atoms with Gasteiger partial charge in [-0.1, -0.05) is 6.07 Å². The number of nitriles is 1. The van der Waals surface area contributed by atoms with Crippen molar-refractivity contribution in [3.63, 3.8) is 0 Å². The summed E-state index contributed by atoms with van der Waals surface area (Å²) in [6, 6.07) is 7.85. The Morgan fingerprint density at radius 3 is 2.86 bits per heavy atom. The Balaban J connectivity index is 1.86. The summed E-state index contributed by atoms with van der Waals surface area (Å²) in [5, 5.41) is 14.9. The molecule has 1 aliphatic carbocycles. The highest BCUT2D eigenvalue weighted by Gasteiger charge is 2.26. The second kappa shape index (κ2) is 5.37. The monoisotopic (exact) mass is 283 g/mol. The molecule has 2 N–H and O–H groups in total. The van der Waals surface area contributed by atoms with Gasteiger partial charge in [-0.25, -0.2) is 9.37 Å². The van der Waals surface area contributed by atoms with Gasteiger partial charge in [-0.2, -0.15) is 10.2 Å². The molecule has 1 aromatic heterocycles. The van der Waals surface area contributed by atoms with Gasteiger partial charge in [-0.3, -0.25) is 0 Å². The number of halogens is 1. The number of hydrogen-bond acceptors (Lipinski definition) is 5. The summed E-state index contributed by atoms with van der Waals surface area (Å²) >= 11 is 0. The van der Waals surface area contributed by atoms with Crippen molar-refractivity contribution >= 4 is 17.5 Å². The van der Waals surface area contributed by atoms with Crippen molar-refractivity contribution in [2.75, 3.05) is 17.7 Å². The van der Waals surface area contributed by atoms with Crippen LogP contribution in [0.4, 0.5) is 21.8 Å². The van der Waals surface area contributed by atoms with Crippen LogP contribution in [0.15, 0.2) is 24.4 Å². The van der Waals surface area contributed by atoms with Gasteiger partial charge in [0, 0.05) is 12.7 Å². The molecule has 3 rings (SSSR count). The fourth-order valence-electron chi connectivity index (χ4n) is 2.21. The van der Waals surface area contributed by atoms with E-state index >= 15 is 0 Å².